The molecule has 0 aromatic rings. The van der Waals surface area contributed by atoms with Crippen LogP contribution in [-0.4, -0.2) is 0 Å². The highest BCUT2D eigenvalue weighted by atomic mass is 35.5. The zero-order valence-electron chi connectivity index (χ0n) is 12.5. The third-order valence-electron chi connectivity index (χ3n) is 3.62. The molecule has 0 saturated carbocycles. The predicted octanol–water partition coefficient (Wildman–Crippen LogP) is 6.18. The Balaban J connectivity index is 2.72. The van der Waals surface area contributed by atoms with Gasteiger partial charge in [0.2, 0.25) is 0 Å². The Morgan fingerprint density at radius 2 is 2.21 bits per heavy atom. The van der Waals surface area contributed by atoms with Gasteiger partial charge in [0.05, 0.1) is 0 Å². The highest BCUT2D eigenvalue weighted by Crippen LogP contribution is 2.27. The minimum absolute atomic E-state index is 0.514. The molecule has 2 unspecified atom stereocenters. The van der Waals surface area contributed by atoms with Gasteiger partial charge in [-0.25, -0.2) is 0 Å². The number of rotatable bonds is 5. The van der Waals surface area contributed by atoms with Crippen molar-refractivity contribution in [2.45, 2.75) is 40.5 Å². The minimum atomic E-state index is 0.514. The van der Waals surface area contributed by atoms with E-state index < -0.39 is 0 Å². The van der Waals surface area contributed by atoms with Gasteiger partial charge in [0.15, 0.2) is 0 Å². The van der Waals surface area contributed by atoms with Crippen molar-refractivity contribution in [2.24, 2.45) is 11.8 Å². The van der Waals surface area contributed by atoms with E-state index in [9.17, 15) is 0 Å². The second-order valence-electron chi connectivity index (χ2n) is 5.20. The van der Waals surface area contributed by atoms with E-state index in [-0.39, 0.29) is 0 Å². The quantitative estimate of drug-likeness (QED) is 0.415. The van der Waals surface area contributed by atoms with Gasteiger partial charge < -0.3 is 0 Å². The number of allylic oxidation sites excluding steroid dienone is 10. The summed E-state index contributed by atoms with van der Waals surface area (Å²) in [5.74, 6) is 1.07. The van der Waals surface area contributed by atoms with E-state index in [0.29, 0.717) is 11.8 Å². The van der Waals surface area contributed by atoms with Gasteiger partial charge in [-0.15, -0.1) is 0 Å². The standard InChI is InChI=1S/C18H25Cl/c1-5-8-16(6-2)14(3)9-7-10-17-11-12-18(19)13-15(17)4/h5,7-12,15-16H,6,13H2,1-4H3/b8-5-,10-7+,14-9-. The molecule has 2 atom stereocenters. The van der Waals surface area contributed by atoms with E-state index in [2.05, 4.69) is 64.2 Å². The van der Waals surface area contributed by atoms with Crippen LogP contribution in [0.5, 0.6) is 0 Å². The van der Waals surface area contributed by atoms with E-state index in [1.54, 1.807) is 0 Å². The molecule has 1 heteroatoms. The fourth-order valence-corrected chi connectivity index (χ4v) is 2.62. The Morgan fingerprint density at radius 3 is 2.79 bits per heavy atom. The largest absolute Gasteiger partial charge is 0.0911 e. The van der Waals surface area contributed by atoms with Crippen molar-refractivity contribution < 1.29 is 0 Å². The smallest absolute Gasteiger partial charge is 0.0187 e. The van der Waals surface area contributed by atoms with Gasteiger partial charge in [0.1, 0.15) is 0 Å². The fraction of sp³-hybridized carbons (Fsp3) is 0.444. The van der Waals surface area contributed by atoms with Crippen LogP contribution in [0.3, 0.4) is 0 Å². The zero-order valence-corrected chi connectivity index (χ0v) is 13.2. The van der Waals surface area contributed by atoms with Gasteiger partial charge in [0.25, 0.3) is 0 Å². The molecule has 0 saturated heterocycles. The van der Waals surface area contributed by atoms with Gasteiger partial charge in [-0.1, -0.05) is 67.5 Å². The second kappa shape index (κ2) is 8.22. The molecule has 1 aliphatic rings. The summed E-state index contributed by atoms with van der Waals surface area (Å²) in [6, 6.07) is 0. The summed E-state index contributed by atoms with van der Waals surface area (Å²) in [7, 11) is 0. The summed E-state index contributed by atoms with van der Waals surface area (Å²) in [6.45, 7) is 8.73. The first-order chi connectivity index (χ1) is 9.08. The number of hydrogen-bond acceptors (Lipinski definition) is 0. The lowest BCUT2D eigenvalue weighted by atomic mass is 9.92. The summed E-state index contributed by atoms with van der Waals surface area (Å²) >= 11 is 6.03. The van der Waals surface area contributed by atoms with Crippen molar-refractivity contribution in [2.75, 3.05) is 0 Å². The summed E-state index contributed by atoms with van der Waals surface area (Å²) in [4.78, 5) is 0. The summed E-state index contributed by atoms with van der Waals surface area (Å²) < 4.78 is 0. The van der Waals surface area contributed by atoms with Crippen LogP contribution in [0.25, 0.3) is 0 Å². The molecular weight excluding hydrogens is 252 g/mol. The van der Waals surface area contributed by atoms with Gasteiger partial charge in [-0.05, 0) is 50.2 Å². The molecular formula is C18H25Cl. The maximum atomic E-state index is 6.03. The van der Waals surface area contributed by atoms with Crippen molar-refractivity contribution in [3.63, 3.8) is 0 Å². The lowest BCUT2D eigenvalue weighted by Crippen LogP contribution is -2.01. The molecule has 0 N–H and O–H groups in total. The van der Waals surface area contributed by atoms with Crippen LogP contribution in [0.4, 0.5) is 0 Å². The van der Waals surface area contributed by atoms with Crippen LogP contribution >= 0.6 is 11.6 Å². The lowest BCUT2D eigenvalue weighted by molar-refractivity contribution is 0.696. The Labute approximate surface area is 123 Å². The Hall–Kier alpha value is -1.01. The summed E-state index contributed by atoms with van der Waals surface area (Å²) in [6.07, 6.45) is 17.2. The summed E-state index contributed by atoms with van der Waals surface area (Å²) in [5.41, 5.74) is 2.77. The van der Waals surface area contributed by atoms with E-state index in [1.807, 2.05) is 6.08 Å². The monoisotopic (exact) mass is 276 g/mol. The van der Waals surface area contributed by atoms with E-state index in [4.69, 9.17) is 11.6 Å². The van der Waals surface area contributed by atoms with Crippen molar-refractivity contribution in [3.8, 4) is 0 Å². The van der Waals surface area contributed by atoms with Crippen molar-refractivity contribution in [3.05, 3.63) is 58.7 Å². The molecule has 0 heterocycles. The predicted molar refractivity (Wildman–Crippen MR) is 87.3 cm³/mol. The SMILES string of the molecule is C/C=C\C(CC)/C(C)=C\C=C\C1=CC=C(Cl)CC1C. The lowest BCUT2D eigenvalue weighted by Gasteiger charge is -2.16. The maximum absolute atomic E-state index is 6.03. The van der Waals surface area contributed by atoms with Crippen molar-refractivity contribution in [1.82, 2.24) is 0 Å². The first-order valence-electron chi connectivity index (χ1n) is 7.12. The molecule has 104 valence electrons. The third kappa shape index (κ3) is 5.24. The average molecular weight is 277 g/mol. The Bertz CT molecular complexity index is 433. The first kappa shape index (κ1) is 16.0. The van der Waals surface area contributed by atoms with E-state index >= 15 is 0 Å². The molecule has 1 rings (SSSR count). The van der Waals surface area contributed by atoms with Gasteiger partial charge in [-0.3, -0.25) is 0 Å². The average Bonchev–Trinajstić information content (AvgIpc) is 2.38. The maximum Gasteiger partial charge on any atom is 0.0187 e. The van der Waals surface area contributed by atoms with Gasteiger partial charge in [0, 0.05) is 5.03 Å². The second-order valence-corrected chi connectivity index (χ2v) is 5.68. The number of hydrogen-bond donors (Lipinski definition) is 0. The Morgan fingerprint density at radius 1 is 1.47 bits per heavy atom. The van der Waals surface area contributed by atoms with E-state index in [1.165, 1.54) is 11.1 Å². The van der Waals surface area contributed by atoms with Crippen LogP contribution in [0.15, 0.2) is 58.7 Å². The molecule has 0 aliphatic heterocycles. The van der Waals surface area contributed by atoms with Gasteiger partial charge >= 0.3 is 0 Å². The molecule has 1 aliphatic carbocycles. The summed E-state index contributed by atoms with van der Waals surface area (Å²) in [5, 5.41) is 0.954. The molecule has 0 amide bonds. The zero-order chi connectivity index (χ0) is 14.3. The fourth-order valence-electron chi connectivity index (χ4n) is 2.33. The molecule has 0 nitrogen and oxygen atoms in total. The molecule has 0 bridgehead atoms. The molecule has 0 aromatic heterocycles. The van der Waals surface area contributed by atoms with E-state index in [0.717, 1.165) is 17.9 Å². The molecule has 19 heavy (non-hydrogen) atoms. The van der Waals surface area contributed by atoms with Crippen LogP contribution < -0.4 is 0 Å². The third-order valence-corrected chi connectivity index (χ3v) is 3.90. The number of halogens is 1. The minimum Gasteiger partial charge on any atom is -0.0911 e. The molecule has 0 aromatic carbocycles. The normalized spacial score (nSPS) is 22.8. The van der Waals surface area contributed by atoms with Crippen molar-refractivity contribution in [1.29, 1.82) is 0 Å². The molecule has 0 spiro atoms. The highest BCUT2D eigenvalue weighted by molar-refractivity contribution is 6.29. The van der Waals surface area contributed by atoms with Crippen LogP contribution in [0.2, 0.25) is 0 Å². The van der Waals surface area contributed by atoms with Gasteiger partial charge in [-0.2, -0.15) is 0 Å². The molecule has 0 fully saturated rings. The highest BCUT2D eigenvalue weighted by Gasteiger charge is 2.11. The topological polar surface area (TPSA) is 0 Å². The Kier molecular flexibility index (Phi) is 6.94. The van der Waals surface area contributed by atoms with Crippen LogP contribution in [0.1, 0.15) is 40.5 Å². The van der Waals surface area contributed by atoms with Crippen LogP contribution in [-0.2, 0) is 0 Å². The van der Waals surface area contributed by atoms with Crippen LogP contribution in [0, 0.1) is 11.8 Å². The first-order valence-corrected chi connectivity index (χ1v) is 7.50. The molecule has 0 radical (unpaired) electrons. The van der Waals surface area contributed by atoms with Crippen molar-refractivity contribution >= 4 is 11.6 Å².